The Morgan fingerprint density at radius 3 is 2.75 bits per heavy atom. The number of nitrogens with zero attached hydrogens (tertiary/aromatic N) is 2. The van der Waals surface area contributed by atoms with E-state index >= 15 is 0 Å². The average Bonchev–Trinajstić information content (AvgIpc) is 2.84. The second kappa shape index (κ2) is 6.30. The van der Waals surface area contributed by atoms with Crippen molar-refractivity contribution in [2.24, 2.45) is 11.8 Å². The predicted molar refractivity (Wildman–Crippen MR) is 84.9 cm³/mol. The van der Waals surface area contributed by atoms with E-state index in [-0.39, 0.29) is 5.54 Å². The highest BCUT2D eigenvalue weighted by molar-refractivity contribution is 5.05. The molecule has 0 aliphatic heterocycles. The third kappa shape index (κ3) is 3.85. The van der Waals surface area contributed by atoms with E-state index < -0.39 is 0 Å². The van der Waals surface area contributed by atoms with Crippen molar-refractivity contribution in [3.8, 4) is 0 Å². The predicted octanol–water partition coefficient (Wildman–Crippen LogP) is 3.81. The van der Waals surface area contributed by atoms with Gasteiger partial charge in [0.1, 0.15) is 5.82 Å². The van der Waals surface area contributed by atoms with Gasteiger partial charge < -0.3 is 9.88 Å². The number of hydrogen-bond acceptors (Lipinski definition) is 2. The van der Waals surface area contributed by atoms with Gasteiger partial charge in [-0.05, 0) is 58.9 Å². The molecule has 1 aromatic rings. The van der Waals surface area contributed by atoms with Crippen LogP contribution in [0.15, 0.2) is 12.4 Å². The van der Waals surface area contributed by atoms with Gasteiger partial charge in [0.15, 0.2) is 0 Å². The molecule has 1 saturated carbocycles. The van der Waals surface area contributed by atoms with Crippen LogP contribution in [0.5, 0.6) is 0 Å². The van der Waals surface area contributed by atoms with Crippen LogP contribution in [-0.4, -0.2) is 21.6 Å². The van der Waals surface area contributed by atoms with E-state index in [2.05, 4.69) is 55.7 Å². The first-order valence-corrected chi connectivity index (χ1v) is 8.16. The van der Waals surface area contributed by atoms with Crippen LogP contribution in [0.2, 0.25) is 0 Å². The van der Waals surface area contributed by atoms with Gasteiger partial charge in [0.05, 0.1) is 0 Å². The summed E-state index contributed by atoms with van der Waals surface area (Å²) in [5.74, 6) is 3.47. The Balaban J connectivity index is 2.12. The minimum Gasteiger partial charge on any atom is -0.335 e. The fourth-order valence-electron chi connectivity index (χ4n) is 3.36. The van der Waals surface area contributed by atoms with Crippen molar-refractivity contribution in [1.82, 2.24) is 14.9 Å². The summed E-state index contributed by atoms with van der Waals surface area (Å²) >= 11 is 0. The molecule has 0 radical (unpaired) electrons. The van der Waals surface area contributed by atoms with Crippen LogP contribution in [0.25, 0.3) is 0 Å². The maximum Gasteiger partial charge on any atom is 0.112 e. The molecule has 2 rings (SSSR count). The summed E-state index contributed by atoms with van der Waals surface area (Å²) in [5.41, 5.74) is 0.202. The first kappa shape index (κ1) is 15.6. The fourth-order valence-corrected chi connectivity index (χ4v) is 3.36. The van der Waals surface area contributed by atoms with Gasteiger partial charge in [-0.2, -0.15) is 0 Å². The normalized spacial score (nSPS) is 27.8. The highest BCUT2D eigenvalue weighted by Crippen LogP contribution is 2.39. The molecule has 1 aliphatic carbocycles. The molecule has 1 aromatic heterocycles. The molecule has 0 aromatic carbocycles. The summed E-state index contributed by atoms with van der Waals surface area (Å²) in [6.07, 6.45) is 8.06. The lowest BCUT2D eigenvalue weighted by atomic mass is 9.74. The summed E-state index contributed by atoms with van der Waals surface area (Å²) in [7, 11) is 0. The first-order valence-electron chi connectivity index (χ1n) is 8.16. The summed E-state index contributed by atoms with van der Waals surface area (Å²) in [4.78, 5) is 4.67. The van der Waals surface area contributed by atoms with E-state index in [1.807, 2.05) is 6.20 Å². The summed E-state index contributed by atoms with van der Waals surface area (Å²) < 4.78 is 2.33. The van der Waals surface area contributed by atoms with E-state index in [1.54, 1.807) is 0 Å². The van der Waals surface area contributed by atoms with Crippen LogP contribution in [0, 0.1) is 11.8 Å². The lowest BCUT2D eigenvalue weighted by molar-refractivity contribution is 0.217. The fraction of sp³-hybridized carbons (Fsp3) is 0.824. The summed E-state index contributed by atoms with van der Waals surface area (Å²) in [6, 6.07) is 0. The Bertz CT molecular complexity index is 416. The molecule has 3 nitrogen and oxygen atoms in total. The van der Waals surface area contributed by atoms with Gasteiger partial charge >= 0.3 is 0 Å². The van der Waals surface area contributed by atoms with Gasteiger partial charge in [0.25, 0.3) is 0 Å². The number of rotatable bonds is 4. The van der Waals surface area contributed by atoms with Crippen LogP contribution in [0.4, 0.5) is 0 Å². The molecule has 114 valence electrons. The van der Waals surface area contributed by atoms with Crippen molar-refractivity contribution < 1.29 is 0 Å². The molecule has 0 bridgehead atoms. The van der Waals surface area contributed by atoms with Crippen molar-refractivity contribution in [3.63, 3.8) is 0 Å². The van der Waals surface area contributed by atoms with Crippen LogP contribution in [0.1, 0.15) is 65.6 Å². The smallest absolute Gasteiger partial charge is 0.112 e. The Morgan fingerprint density at radius 2 is 2.10 bits per heavy atom. The molecule has 0 spiro atoms. The molecular weight excluding hydrogens is 246 g/mol. The van der Waals surface area contributed by atoms with Crippen LogP contribution in [0.3, 0.4) is 0 Å². The number of imidazole rings is 1. The van der Waals surface area contributed by atoms with Gasteiger partial charge in [0.2, 0.25) is 0 Å². The van der Waals surface area contributed by atoms with Crippen LogP contribution in [-0.2, 0) is 6.54 Å². The molecule has 1 fully saturated rings. The van der Waals surface area contributed by atoms with Gasteiger partial charge in [-0.1, -0.05) is 13.3 Å². The lowest BCUT2D eigenvalue weighted by Gasteiger charge is -2.36. The largest absolute Gasteiger partial charge is 0.335 e. The number of aromatic nitrogens is 2. The van der Waals surface area contributed by atoms with Crippen LogP contribution >= 0.6 is 0 Å². The van der Waals surface area contributed by atoms with Crippen molar-refractivity contribution in [3.05, 3.63) is 18.2 Å². The van der Waals surface area contributed by atoms with Crippen molar-refractivity contribution >= 4 is 0 Å². The Hall–Kier alpha value is -0.830. The molecule has 1 heterocycles. The van der Waals surface area contributed by atoms with Crippen LogP contribution < -0.4 is 5.32 Å². The topological polar surface area (TPSA) is 29.9 Å². The first-order chi connectivity index (χ1) is 9.40. The van der Waals surface area contributed by atoms with E-state index in [0.29, 0.717) is 5.92 Å². The third-order valence-electron chi connectivity index (χ3n) is 4.57. The zero-order valence-corrected chi connectivity index (χ0v) is 13.8. The third-order valence-corrected chi connectivity index (χ3v) is 4.57. The minimum atomic E-state index is 0.202. The summed E-state index contributed by atoms with van der Waals surface area (Å²) in [5, 5.41) is 3.70. The number of hydrogen-bond donors (Lipinski definition) is 1. The second-order valence-corrected chi connectivity index (χ2v) is 7.49. The highest BCUT2D eigenvalue weighted by Gasteiger charge is 2.32. The monoisotopic (exact) mass is 277 g/mol. The zero-order valence-electron chi connectivity index (χ0n) is 13.8. The molecule has 3 atom stereocenters. The van der Waals surface area contributed by atoms with Gasteiger partial charge in [-0.15, -0.1) is 0 Å². The van der Waals surface area contributed by atoms with Crippen molar-refractivity contribution in [2.75, 3.05) is 6.54 Å². The summed E-state index contributed by atoms with van der Waals surface area (Å²) in [6.45, 7) is 13.5. The van der Waals surface area contributed by atoms with Crippen molar-refractivity contribution in [2.45, 2.75) is 71.9 Å². The Morgan fingerprint density at radius 1 is 1.35 bits per heavy atom. The molecule has 3 unspecified atom stereocenters. The standard InChI is InChI=1S/C17H31N3/c1-6-20-10-9-18-16(20)15-11-13(2)7-8-14(15)12-19-17(3,4)5/h9-10,13-15,19H,6-8,11-12H2,1-5H3. The maximum absolute atomic E-state index is 4.67. The molecule has 1 aliphatic rings. The number of nitrogens with one attached hydrogen (secondary N) is 1. The maximum atomic E-state index is 4.67. The van der Waals surface area contributed by atoms with E-state index in [0.717, 1.165) is 24.9 Å². The van der Waals surface area contributed by atoms with Crippen molar-refractivity contribution in [1.29, 1.82) is 0 Å². The molecule has 20 heavy (non-hydrogen) atoms. The number of aryl methyl sites for hydroxylation is 1. The average molecular weight is 277 g/mol. The minimum absolute atomic E-state index is 0.202. The van der Waals surface area contributed by atoms with Gasteiger partial charge in [-0.25, -0.2) is 4.98 Å². The SMILES string of the molecule is CCn1ccnc1C1CC(C)CCC1CNC(C)(C)C. The Kier molecular flexibility index (Phi) is 4.90. The van der Waals surface area contributed by atoms with E-state index in [1.165, 1.54) is 25.1 Å². The lowest BCUT2D eigenvalue weighted by Crippen LogP contribution is -2.42. The molecule has 0 saturated heterocycles. The molecular formula is C17H31N3. The second-order valence-electron chi connectivity index (χ2n) is 7.49. The molecule has 3 heteroatoms. The zero-order chi connectivity index (χ0) is 14.8. The van der Waals surface area contributed by atoms with E-state index in [9.17, 15) is 0 Å². The highest BCUT2D eigenvalue weighted by atomic mass is 15.1. The molecule has 1 N–H and O–H groups in total. The van der Waals surface area contributed by atoms with Gasteiger partial charge in [-0.3, -0.25) is 0 Å². The quantitative estimate of drug-likeness (QED) is 0.907. The Labute approximate surface area is 124 Å². The van der Waals surface area contributed by atoms with Gasteiger partial charge in [0, 0.05) is 30.4 Å². The molecule has 0 amide bonds. The van der Waals surface area contributed by atoms with E-state index in [4.69, 9.17) is 0 Å².